The Balaban J connectivity index is 3.11. The highest BCUT2D eigenvalue weighted by Gasteiger charge is 2.44. The van der Waals surface area contributed by atoms with Gasteiger partial charge < -0.3 is 9.47 Å². The van der Waals surface area contributed by atoms with Gasteiger partial charge >= 0.3 is 11.9 Å². The second-order valence-corrected chi connectivity index (χ2v) is 5.95. The van der Waals surface area contributed by atoms with Gasteiger partial charge in [-0.05, 0) is 40.7 Å². The average Bonchev–Trinajstić information content (AvgIpc) is 2.82. The van der Waals surface area contributed by atoms with Crippen LogP contribution >= 0.6 is 0 Å². The van der Waals surface area contributed by atoms with Crippen LogP contribution in [-0.4, -0.2) is 41.3 Å². The van der Waals surface area contributed by atoms with E-state index in [0.29, 0.717) is 11.4 Å². The maximum Gasteiger partial charge on any atom is 0.312 e. The number of carbonyl (C=O) groups excluding carboxylic acids is 3. The van der Waals surface area contributed by atoms with E-state index in [0.717, 1.165) is 0 Å². The molecule has 0 unspecified atom stereocenters. The Bertz CT molecular complexity index is 604. The van der Waals surface area contributed by atoms with E-state index in [1.165, 1.54) is 11.8 Å². The summed E-state index contributed by atoms with van der Waals surface area (Å²) in [4.78, 5) is 36.8. The summed E-state index contributed by atoms with van der Waals surface area (Å²) < 4.78 is 11.0. The first kappa shape index (κ1) is 18.9. The summed E-state index contributed by atoms with van der Waals surface area (Å²) in [6.45, 7) is 8.49. The van der Waals surface area contributed by atoms with E-state index in [-0.39, 0.29) is 18.9 Å². The van der Waals surface area contributed by atoms with Crippen molar-refractivity contribution in [2.24, 2.45) is 11.3 Å². The van der Waals surface area contributed by atoms with Crippen LogP contribution in [0.2, 0.25) is 0 Å². The molecule has 0 aromatic carbocycles. The highest BCUT2D eigenvalue weighted by Crippen LogP contribution is 2.32. The standard InChI is InChI=1S/C16H24N2O5/c1-7-23-14(20)12(16(4,5)15(21)22-6)9-13(19)18-11(3)8-10(2)17-18/h8,12H,7,9H2,1-6H3/t12-/m1/s1. The summed E-state index contributed by atoms with van der Waals surface area (Å²) in [6, 6.07) is 1.77. The van der Waals surface area contributed by atoms with Crippen LogP contribution in [0.3, 0.4) is 0 Å². The Kier molecular flexibility index (Phi) is 6.06. The van der Waals surface area contributed by atoms with Crippen LogP contribution in [0.1, 0.15) is 43.4 Å². The fraction of sp³-hybridized carbons (Fsp3) is 0.625. The third kappa shape index (κ3) is 4.18. The molecule has 7 heteroatoms. The molecular formula is C16H24N2O5. The summed E-state index contributed by atoms with van der Waals surface area (Å²) >= 11 is 0. The summed E-state index contributed by atoms with van der Waals surface area (Å²) in [5.74, 6) is -2.49. The van der Waals surface area contributed by atoms with E-state index in [9.17, 15) is 14.4 Å². The van der Waals surface area contributed by atoms with E-state index in [1.54, 1.807) is 40.7 Å². The van der Waals surface area contributed by atoms with Crippen molar-refractivity contribution in [3.05, 3.63) is 17.5 Å². The van der Waals surface area contributed by atoms with Crippen molar-refractivity contribution in [1.29, 1.82) is 0 Å². The number of ether oxygens (including phenoxy) is 2. The third-order valence-corrected chi connectivity index (χ3v) is 3.78. The first-order chi connectivity index (χ1) is 10.6. The van der Waals surface area contributed by atoms with E-state index in [1.807, 2.05) is 0 Å². The van der Waals surface area contributed by atoms with Crippen molar-refractivity contribution in [3.8, 4) is 0 Å². The minimum absolute atomic E-state index is 0.167. The van der Waals surface area contributed by atoms with Crippen LogP contribution < -0.4 is 0 Å². The Morgan fingerprint density at radius 1 is 1.30 bits per heavy atom. The molecule has 0 aliphatic carbocycles. The van der Waals surface area contributed by atoms with E-state index in [2.05, 4.69) is 5.10 Å². The van der Waals surface area contributed by atoms with Gasteiger partial charge in [-0.15, -0.1) is 0 Å². The predicted molar refractivity (Wildman–Crippen MR) is 82.9 cm³/mol. The Labute approximate surface area is 135 Å². The summed E-state index contributed by atoms with van der Waals surface area (Å²) in [7, 11) is 1.25. The van der Waals surface area contributed by atoms with Gasteiger partial charge in [0.15, 0.2) is 0 Å². The molecule has 0 bridgehead atoms. The van der Waals surface area contributed by atoms with Crippen molar-refractivity contribution in [2.75, 3.05) is 13.7 Å². The van der Waals surface area contributed by atoms with Crippen molar-refractivity contribution >= 4 is 17.8 Å². The number of hydrogen-bond donors (Lipinski definition) is 0. The molecule has 0 radical (unpaired) electrons. The fourth-order valence-corrected chi connectivity index (χ4v) is 2.42. The van der Waals surface area contributed by atoms with Crippen molar-refractivity contribution in [1.82, 2.24) is 9.78 Å². The summed E-state index contributed by atoms with van der Waals surface area (Å²) in [5.41, 5.74) is 0.189. The maximum absolute atomic E-state index is 12.5. The molecule has 128 valence electrons. The van der Waals surface area contributed by atoms with Crippen LogP contribution in [0.5, 0.6) is 0 Å². The molecule has 0 amide bonds. The quantitative estimate of drug-likeness (QED) is 0.743. The molecule has 1 rings (SSSR count). The Morgan fingerprint density at radius 2 is 1.91 bits per heavy atom. The number of nitrogens with zero attached hydrogens (tertiary/aromatic N) is 2. The number of hydrogen-bond acceptors (Lipinski definition) is 6. The number of methoxy groups -OCH3 is 1. The minimum atomic E-state index is -1.19. The fourth-order valence-electron chi connectivity index (χ4n) is 2.42. The van der Waals surface area contributed by atoms with Gasteiger partial charge in [-0.3, -0.25) is 14.4 Å². The molecule has 0 saturated carbocycles. The number of carbonyl (C=O) groups is 3. The molecule has 0 aliphatic heterocycles. The second kappa shape index (κ2) is 7.39. The van der Waals surface area contributed by atoms with Crippen LogP contribution in [0, 0.1) is 25.2 Å². The van der Waals surface area contributed by atoms with Crippen LogP contribution in [0.15, 0.2) is 6.07 Å². The molecule has 23 heavy (non-hydrogen) atoms. The monoisotopic (exact) mass is 324 g/mol. The number of rotatable bonds is 6. The van der Waals surface area contributed by atoms with E-state index < -0.39 is 23.3 Å². The van der Waals surface area contributed by atoms with Crippen molar-refractivity contribution < 1.29 is 23.9 Å². The molecule has 0 fully saturated rings. The lowest BCUT2D eigenvalue weighted by molar-refractivity contribution is -0.165. The van der Waals surface area contributed by atoms with E-state index >= 15 is 0 Å². The zero-order chi connectivity index (χ0) is 17.8. The topological polar surface area (TPSA) is 87.5 Å². The smallest absolute Gasteiger partial charge is 0.312 e. The molecule has 7 nitrogen and oxygen atoms in total. The lowest BCUT2D eigenvalue weighted by atomic mass is 9.76. The van der Waals surface area contributed by atoms with Gasteiger partial charge in [-0.25, -0.2) is 4.68 Å². The lowest BCUT2D eigenvalue weighted by Crippen LogP contribution is -2.41. The van der Waals surface area contributed by atoms with Gasteiger partial charge in [-0.1, -0.05) is 0 Å². The number of aromatic nitrogens is 2. The zero-order valence-electron chi connectivity index (χ0n) is 14.5. The van der Waals surface area contributed by atoms with E-state index in [4.69, 9.17) is 9.47 Å². The molecule has 1 atom stereocenters. The molecule has 1 aromatic heterocycles. The van der Waals surface area contributed by atoms with Gasteiger partial charge in [0.25, 0.3) is 0 Å². The van der Waals surface area contributed by atoms with Gasteiger partial charge in [-0.2, -0.15) is 5.10 Å². The van der Waals surface area contributed by atoms with Gasteiger partial charge in [0, 0.05) is 12.1 Å². The molecular weight excluding hydrogens is 300 g/mol. The third-order valence-electron chi connectivity index (χ3n) is 3.78. The Hall–Kier alpha value is -2.18. The molecule has 0 spiro atoms. The molecule has 0 N–H and O–H groups in total. The molecule has 0 saturated heterocycles. The number of esters is 2. The van der Waals surface area contributed by atoms with Crippen molar-refractivity contribution in [2.45, 2.75) is 41.0 Å². The summed E-state index contributed by atoms with van der Waals surface area (Å²) in [5, 5.41) is 4.11. The first-order valence-corrected chi connectivity index (χ1v) is 7.46. The SMILES string of the molecule is CCOC(=O)[C@@H](CC(=O)n1nc(C)cc1C)C(C)(C)C(=O)OC. The van der Waals surface area contributed by atoms with Gasteiger partial charge in [0.05, 0.1) is 30.7 Å². The van der Waals surface area contributed by atoms with Crippen LogP contribution in [0.25, 0.3) is 0 Å². The van der Waals surface area contributed by atoms with Gasteiger partial charge in [0.1, 0.15) is 0 Å². The zero-order valence-corrected chi connectivity index (χ0v) is 14.5. The average molecular weight is 324 g/mol. The van der Waals surface area contributed by atoms with Gasteiger partial charge in [0.2, 0.25) is 5.91 Å². The maximum atomic E-state index is 12.5. The van der Waals surface area contributed by atoms with Crippen LogP contribution in [0.4, 0.5) is 0 Å². The molecule has 1 heterocycles. The Morgan fingerprint density at radius 3 is 2.35 bits per heavy atom. The normalized spacial score (nSPS) is 12.6. The molecule has 1 aromatic rings. The number of aryl methyl sites for hydroxylation is 2. The minimum Gasteiger partial charge on any atom is -0.469 e. The first-order valence-electron chi connectivity index (χ1n) is 7.46. The second-order valence-electron chi connectivity index (χ2n) is 5.95. The molecule has 0 aliphatic rings. The van der Waals surface area contributed by atoms with Crippen molar-refractivity contribution in [3.63, 3.8) is 0 Å². The largest absolute Gasteiger partial charge is 0.469 e. The highest BCUT2D eigenvalue weighted by molar-refractivity contribution is 5.89. The summed E-state index contributed by atoms with van der Waals surface area (Å²) in [6.07, 6.45) is -0.192. The van der Waals surface area contributed by atoms with Crippen LogP contribution in [-0.2, 0) is 19.1 Å². The highest BCUT2D eigenvalue weighted by atomic mass is 16.5. The predicted octanol–water partition coefficient (Wildman–Crippen LogP) is 1.91. The lowest BCUT2D eigenvalue weighted by Gasteiger charge is -2.29.